The molecule has 4 aliphatic rings. The van der Waals surface area contributed by atoms with Crippen molar-refractivity contribution in [2.24, 2.45) is 34.5 Å². The number of fused-ring (bicyclic) bond motifs is 5. The van der Waals surface area contributed by atoms with Crippen molar-refractivity contribution >= 4 is 17.5 Å². The Hall–Kier alpha value is -2.37. The zero-order valence-electron chi connectivity index (χ0n) is 20.6. The molecule has 3 fully saturated rings. The van der Waals surface area contributed by atoms with E-state index in [0.717, 1.165) is 5.92 Å². The van der Waals surface area contributed by atoms with Crippen molar-refractivity contribution in [1.82, 2.24) is 9.88 Å². The van der Waals surface area contributed by atoms with Crippen LogP contribution in [0.3, 0.4) is 0 Å². The van der Waals surface area contributed by atoms with Crippen LogP contribution in [-0.4, -0.2) is 41.9 Å². The highest BCUT2D eigenvalue weighted by molar-refractivity contribution is 6.23. The molecule has 7 atom stereocenters. The van der Waals surface area contributed by atoms with E-state index >= 15 is 0 Å². The van der Waals surface area contributed by atoms with Crippen molar-refractivity contribution in [1.29, 1.82) is 0 Å². The summed E-state index contributed by atoms with van der Waals surface area (Å²) >= 11 is 0. The van der Waals surface area contributed by atoms with Crippen LogP contribution in [0.1, 0.15) is 59.3 Å². The zero-order chi connectivity index (χ0) is 23.5. The Labute approximate surface area is 197 Å². The molecule has 178 valence electrons. The van der Waals surface area contributed by atoms with Gasteiger partial charge in [-0.1, -0.05) is 33.3 Å². The average Bonchev–Trinajstić information content (AvgIpc) is 3.18. The maximum Gasteiger partial charge on any atom is 0.260 e. The van der Waals surface area contributed by atoms with Gasteiger partial charge in [-0.05, 0) is 67.3 Å². The number of nitrogens with zero attached hydrogens (tertiary/aromatic N) is 2. The van der Waals surface area contributed by atoms with Crippen molar-refractivity contribution in [2.75, 3.05) is 19.5 Å². The summed E-state index contributed by atoms with van der Waals surface area (Å²) in [5.74, 6) is 2.27. The van der Waals surface area contributed by atoms with Crippen molar-refractivity contribution in [2.45, 2.75) is 65.3 Å². The first kappa shape index (κ1) is 22.4. The van der Waals surface area contributed by atoms with E-state index in [0.29, 0.717) is 34.7 Å². The van der Waals surface area contributed by atoms with Gasteiger partial charge in [-0.2, -0.15) is 0 Å². The molecule has 2 heterocycles. The van der Waals surface area contributed by atoms with Crippen LogP contribution in [0.2, 0.25) is 0 Å². The minimum absolute atomic E-state index is 0.134. The quantitative estimate of drug-likeness (QED) is 0.678. The number of carbonyl (C=O) groups excluding carboxylic acids is 2. The minimum atomic E-state index is -0.351. The molecule has 6 heteroatoms. The fourth-order valence-corrected chi connectivity index (χ4v) is 8.41. The first-order valence-corrected chi connectivity index (χ1v) is 12.5. The fraction of sp³-hybridized carbons (Fsp3) is 0.667. The number of methoxy groups -OCH3 is 1. The van der Waals surface area contributed by atoms with E-state index < -0.39 is 0 Å². The third-order valence-electron chi connectivity index (χ3n) is 9.71. The van der Waals surface area contributed by atoms with E-state index in [1.807, 2.05) is 11.9 Å². The third kappa shape index (κ3) is 3.39. The Morgan fingerprint density at radius 2 is 2.03 bits per heavy atom. The van der Waals surface area contributed by atoms with Crippen LogP contribution in [0, 0.1) is 34.5 Å². The molecule has 2 amide bonds. The molecule has 1 N–H and O–H groups in total. The molecule has 6 nitrogen and oxygen atoms in total. The summed E-state index contributed by atoms with van der Waals surface area (Å²) in [6.07, 6.45) is 11.3. The Balaban J connectivity index is 1.50. The van der Waals surface area contributed by atoms with Crippen molar-refractivity contribution in [3.63, 3.8) is 0 Å². The summed E-state index contributed by atoms with van der Waals surface area (Å²) in [5.41, 5.74) is 1.12. The Morgan fingerprint density at radius 3 is 2.79 bits per heavy atom. The largest absolute Gasteiger partial charge is 0.481 e. The molecular weight excluding hydrogens is 414 g/mol. The van der Waals surface area contributed by atoms with Gasteiger partial charge in [0.25, 0.3) is 11.8 Å². The Morgan fingerprint density at radius 1 is 1.24 bits per heavy atom. The summed E-state index contributed by atoms with van der Waals surface area (Å²) in [7, 11) is 3.43. The molecule has 3 saturated carbocycles. The van der Waals surface area contributed by atoms with Crippen LogP contribution in [0.15, 0.2) is 30.0 Å². The molecular formula is C27H37N3O3. The lowest BCUT2D eigenvalue weighted by atomic mass is 9.46. The zero-order valence-corrected chi connectivity index (χ0v) is 20.6. The van der Waals surface area contributed by atoms with Gasteiger partial charge in [0.15, 0.2) is 0 Å². The lowest BCUT2D eigenvalue weighted by Crippen LogP contribution is -2.63. The molecule has 1 aliphatic heterocycles. The van der Waals surface area contributed by atoms with Gasteiger partial charge < -0.3 is 15.0 Å². The van der Waals surface area contributed by atoms with Crippen molar-refractivity contribution in [3.05, 3.63) is 30.0 Å². The van der Waals surface area contributed by atoms with Crippen LogP contribution in [0.4, 0.5) is 5.69 Å². The number of amides is 2. The highest BCUT2D eigenvalue weighted by Gasteiger charge is 2.61. The maximum absolute atomic E-state index is 13.4. The first-order valence-electron chi connectivity index (χ1n) is 12.5. The number of anilines is 1. The van der Waals surface area contributed by atoms with Gasteiger partial charge >= 0.3 is 0 Å². The molecule has 0 aromatic carbocycles. The lowest BCUT2D eigenvalue weighted by molar-refractivity contribution is -0.146. The van der Waals surface area contributed by atoms with Gasteiger partial charge in [0.1, 0.15) is 5.57 Å². The van der Waals surface area contributed by atoms with E-state index in [2.05, 4.69) is 37.1 Å². The Kier molecular flexibility index (Phi) is 5.33. The number of ether oxygens (including phenoxy) is 1. The summed E-state index contributed by atoms with van der Waals surface area (Å²) in [5, 5.41) is 2.90. The van der Waals surface area contributed by atoms with E-state index in [4.69, 9.17) is 4.74 Å². The van der Waals surface area contributed by atoms with Crippen molar-refractivity contribution < 1.29 is 14.3 Å². The SMILES string of the molecule is COc1cc(NC(=O)C2=C[C@@]3(C)C(C(C)C[C@@H]4[C@H]3CC[C@]3(C)CCC[C@@H]43)N(C)C2=O)ccn1. The Bertz CT molecular complexity index is 1010. The molecule has 0 spiro atoms. The van der Waals surface area contributed by atoms with E-state index in [1.54, 1.807) is 18.3 Å². The number of rotatable bonds is 3. The molecule has 0 saturated heterocycles. The van der Waals surface area contributed by atoms with Crippen LogP contribution < -0.4 is 10.1 Å². The number of carbonyl (C=O) groups is 2. The number of nitrogens with one attached hydrogen (secondary N) is 1. The first-order chi connectivity index (χ1) is 15.7. The predicted octanol–water partition coefficient (Wildman–Crippen LogP) is 4.67. The second-order valence-corrected chi connectivity index (χ2v) is 11.5. The second kappa shape index (κ2) is 7.85. The maximum atomic E-state index is 13.4. The number of pyridine rings is 1. The molecule has 0 radical (unpaired) electrons. The second-order valence-electron chi connectivity index (χ2n) is 11.5. The molecule has 0 bridgehead atoms. The van der Waals surface area contributed by atoms with Crippen LogP contribution in [0.5, 0.6) is 5.88 Å². The summed E-state index contributed by atoms with van der Waals surface area (Å²) in [6.45, 7) is 7.13. The molecule has 2 unspecified atom stereocenters. The minimum Gasteiger partial charge on any atom is -0.481 e. The smallest absolute Gasteiger partial charge is 0.260 e. The standard InChI is InChI=1S/C27H37N3O3/c1-16-13-18-20-7-6-10-26(20,2)11-8-21(18)27(3)15-19(25(32)30(4)23(16)27)24(31)29-17-9-12-28-22(14-17)33-5/h9,12,14-16,18,20-21,23H,6-8,10-11,13H2,1-5H3,(H,28,29,31)/t16?,18-,20-,21+,23?,26-,27+/m0/s1. The van der Waals surface area contributed by atoms with Gasteiger partial charge in [0.05, 0.1) is 7.11 Å². The monoisotopic (exact) mass is 451 g/mol. The fourth-order valence-electron chi connectivity index (χ4n) is 8.41. The average molecular weight is 452 g/mol. The number of likely N-dealkylation sites (N-methyl/N-ethyl adjacent to an activating group) is 1. The van der Waals surface area contributed by atoms with E-state index in [9.17, 15) is 9.59 Å². The van der Waals surface area contributed by atoms with Crippen molar-refractivity contribution in [3.8, 4) is 5.88 Å². The van der Waals surface area contributed by atoms with Gasteiger partial charge in [-0.15, -0.1) is 0 Å². The van der Waals surface area contributed by atoms with Gasteiger partial charge in [-0.3, -0.25) is 9.59 Å². The van der Waals surface area contributed by atoms with Gasteiger partial charge in [0.2, 0.25) is 5.88 Å². The van der Waals surface area contributed by atoms with Crippen LogP contribution >= 0.6 is 0 Å². The summed E-state index contributed by atoms with van der Waals surface area (Å²) in [6, 6.07) is 3.51. The lowest BCUT2D eigenvalue weighted by Gasteiger charge is -2.62. The predicted molar refractivity (Wildman–Crippen MR) is 128 cm³/mol. The third-order valence-corrected chi connectivity index (χ3v) is 9.71. The number of hydrogen-bond acceptors (Lipinski definition) is 4. The number of aromatic nitrogens is 1. The topological polar surface area (TPSA) is 71.5 Å². The molecule has 33 heavy (non-hydrogen) atoms. The van der Waals surface area contributed by atoms with Gasteiger partial charge in [-0.25, -0.2) is 4.98 Å². The summed E-state index contributed by atoms with van der Waals surface area (Å²) < 4.78 is 5.17. The molecule has 1 aromatic heterocycles. The van der Waals surface area contributed by atoms with Crippen LogP contribution in [-0.2, 0) is 9.59 Å². The normalized spacial score (nSPS) is 39.8. The highest BCUT2D eigenvalue weighted by Crippen LogP contribution is 2.65. The van der Waals surface area contributed by atoms with E-state index in [-0.39, 0.29) is 28.8 Å². The van der Waals surface area contributed by atoms with Crippen LogP contribution in [0.25, 0.3) is 0 Å². The summed E-state index contributed by atoms with van der Waals surface area (Å²) in [4.78, 5) is 32.7. The molecule has 1 aromatic rings. The number of hydrogen-bond donors (Lipinski definition) is 1. The molecule has 3 aliphatic carbocycles. The van der Waals surface area contributed by atoms with Gasteiger partial charge in [0, 0.05) is 36.5 Å². The molecule has 5 rings (SSSR count). The highest BCUT2D eigenvalue weighted by atomic mass is 16.5. The van der Waals surface area contributed by atoms with E-state index in [1.165, 1.54) is 45.6 Å².